The Morgan fingerprint density at radius 3 is 1.60 bits per heavy atom. The molecule has 0 aromatic heterocycles. The molecule has 0 radical (unpaired) electrons. The molecule has 0 fully saturated rings. The molecule has 2 aromatic rings. The maximum absolute atomic E-state index is 6.12. The van der Waals surface area contributed by atoms with E-state index in [1.807, 2.05) is 48.5 Å². The van der Waals surface area contributed by atoms with Crippen molar-refractivity contribution in [1.82, 2.24) is 0 Å². The maximum atomic E-state index is 6.12. The minimum Gasteiger partial charge on any atom is -0.103 e. The average Bonchev–Trinajstić information content (AvgIpc) is 2.45. The largest absolute Gasteiger partial charge is 0.104 e. The van der Waals surface area contributed by atoms with E-state index in [9.17, 15) is 0 Å². The van der Waals surface area contributed by atoms with E-state index in [-0.39, 0.29) is 0 Å². The lowest BCUT2D eigenvalue weighted by molar-refractivity contribution is 1.42. The summed E-state index contributed by atoms with van der Waals surface area (Å²) in [5.74, 6) is 1.60. The predicted octanol–water partition coefficient (Wildman–Crippen LogP) is 6.44. The number of benzene rings is 2. The van der Waals surface area contributed by atoms with Crippen molar-refractivity contribution in [1.29, 1.82) is 0 Å². The Hall–Kier alpha value is -0.190. The Morgan fingerprint density at radius 1 is 0.800 bits per heavy atom. The van der Waals surface area contributed by atoms with Crippen molar-refractivity contribution in [2.45, 2.75) is 11.5 Å². The van der Waals surface area contributed by atoms with Gasteiger partial charge < -0.3 is 0 Å². The van der Waals surface area contributed by atoms with E-state index in [1.54, 1.807) is 23.5 Å². The van der Waals surface area contributed by atoms with Crippen LogP contribution in [0.1, 0.15) is 11.1 Å². The smallest absolute Gasteiger partial charge is 0.103 e. The van der Waals surface area contributed by atoms with Crippen LogP contribution in [0.25, 0.3) is 0 Å². The fourth-order valence-corrected chi connectivity index (χ4v) is 4.20. The number of hydrogen-bond donors (Lipinski definition) is 0. The van der Waals surface area contributed by atoms with Crippen LogP contribution in [0.3, 0.4) is 0 Å². The molecular weight excluding hydrogens is 347 g/mol. The summed E-state index contributed by atoms with van der Waals surface area (Å²) in [6.45, 7) is 0. The van der Waals surface area contributed by atoms with Gasteiger partial charge in [0.2, 0.25) is 0 Å². The van der Waals surface area contributed by atoms with Crippen LogP contribution < -0.4 is 0 Å². The highest BCUT2D eigenvalue weighted by molar-refractivity contribution is 8.46. The fourth-order valence-electron chi connectivity index (χ4n) is 1.55. The van der Waals surface area contributed by atoms with Crippen molar-refractivity contribution < 1.29 is 0 Å². The van der Waals surface area contributed by atoms with Crippen LogP contribution in [0.4, 0.5) is 0 Å². The highest BCUT2D eigenvalue weighted by Gasteiger charge is 2.05. The zero-order valence-corrected chi connectivity index (χ0v) is 14.5. The van der Waals surface area contributed by atoms with Gasteiger partial charge in [-0.2, -0.15) is 0 Å². The van der Waals surface area contributed by atoms with E-state index in [4.69, 9.17) is 35.4 Å². The molecule has 2 aromatic carbocycles. The lowest BCUT2D eigenvalue weighted by atomic mass is 10.2. The average molecular weight is 359 g/mol. The summed E-state index contributed by atoms with van der Waals surface area (Å²) in [4.78, 5) is 0. The highest BCUT2D eigenvalue weighted by atomic mass is 35.5. The summed E-state index contributed by atoms with van der Waals surface area (Å²) in [6, 6.07) is 15.7. The van der Waals surface area contributed by atoms with Gasteiger partial charge in [-0.25, -0.2) is 0 Å². The predicted molar refractivity (Wildman–Crippen MR) is 98.1 cm³/mol. The molecule has 20 heavy (non-hydrogen) atoms. The first-order valence-corrected chi connectivity index (χ1v) is 9.06. The van der Waals surface area contributed by atoms with Crippen LogP contribution in [0.5, 0.6) is 0 Å². The van der Waals surface area contributed by atoms with Crippen molar-refractivity contribution in [3.63, 3.8) is 0 Å². The molecule has 0 aliphatic rings. The molecule has 0 saturated heterocycles. The number of rotatable bonds is 4. The third-order valence-electron chi connectivity index (χ3n) is 2.61. The van der Waals surface area contributed by atoms with Gasteiger partial charge in [-0.15, -0.1) is 23.5 Å². The van der Waals surface area contributed by atoms with E-state index < -0.39 is 0 Å². The standard InChI is InChI=1S/C15H12Cl2S3/c16-13-7-3-1-5-11(13)9-19-15(18)20-10-12-6-2-4-8-14(12)17/h1-8H,9-10H2. The van der Waals surface area contributed by atoms with Gasteiger partial charge in [0, 0.05) is 21.6 Å². The van der Waals surface area contributed by atoms with Crippen molar-refractivity contribution in [2.75, 3.05) is 0 Å². The maximum Gasteiger partial charge on any atom is 0.104 e. The molecule has 0 nitrogen and oxygen atoms in total. The van der Waals surface area contributed by atoms with Crippen LogP contribution in [0.2, 0.25) is 10.0 Å². The lowest BCUT2D eigenvalue weighted by Crippen LogP contribution is -1.88. The van der Waals surface area contributed by atoms with E-state index in [1.165, 1.54) is 0 Å². The van der Waals surface area contributed by atoms with Crippen molar-refractivity contribution in [3.8, 4) is 0 Å². The Morgan fingerprint density at radius 2 is 1.20 bits per heavy atom. The van der Waals surface area contributed by atoms with Gasteiger partial charge in [0.15, 0.2) is 0 Å². The van der Waals surface area contributed by atoms with Gasteiger partial charge in [-0.3, -0.25) is 0 Å². The third-order valence-corrected chi connectivity index (χ3v) is 6.14. The van der Waals surface area contributed by atoms with E-state index in [0.29, 0.717) is 0 Å². The number of thiocarbonyl (C=S) groups is 1. The van der Waals surface area contributed by atoms with E-state index in [2.05, 4.69) is 0 Å². The SMILES string of the molecule is S=C(SCc1ccccc1Cl)SCc1ccccc1Cl. The Labute approximate surface area is 143 Å². The topological polar surface area (TPSA) is 0 Å². The number of thioether (sulfide) groups is 2. The minimum atomic E-state index is 0.791. The quantitative estimate of drug-likeness (QED) is 0.576. The molecule has 0 unspecified atom stereocenters. The van der Waals surface area contributed by atoms with Gasteiger partial charge in [0.25, 0.3) is 0 Å². The fraction of sp³-hybridized carbons (Fsp3) is 0.133. The molecule has 0 bridgehead atoms. The zero-order chi connectivity index (χ0) is 14.4. The molecule has 0 atom stereocenters. The molecule has 0 aliphatic heterocycles. The monoisotopic (exact) mass is 358 g/mol. The molecule has 0 N–H and O–H groups in total. The Kier molecular flexibility index (Phi) is 6.72. The van der Waals surface area contributed by atoms with Gasteiger partial charge in [-0.05, 0) is 23.3 Å². The molecule has 0 amide bonds. The first kappa shape index (κ1) is 16.2. The first-order valence-electron chi connectivity index (χ1n) is 5.93. The molecule has 2 rings (SSSR count). The normalized spacial score (nSPS) is 10.5. The van der Waals surface area contributed by atoms with Crippen molar-refractivity contribution >= 4 is 62.5 Å². The molecule has 5 heteroatoms. The van der Waals surface area contributed by atoms with E-state index >= 15 is 0 Å². The van der Waals surface area contributed by atoms with Gasteiger partial charge >= 0.3 is 0 Å². The summed E-state index contributed by atoms with van der Waals surface area (Å²) < 4.78 is 0.907. The molecule has 0 saturated carbocycles. The summed E-state index contributed by atoms with van der Waals surface area (Å²) in [5.41, 5.74) is 2.22. The molecule has 104 valence electrons. The Bertz CT molecular complexity index is 548. The van der Waals surface area contributed by atoms with Gasteiger partial charge in [-0.1, -0.05) is 71.8 Å². The molecule has 0 spiro atoms. The van der Waals surface area contributed by atoms with Gasteiger partial charge in [0.05, 0.1) is 0 Å². The summed E-state index contributed by atoms with van der Waals surface area (Å²) in [5, 5.41) is 1.58. The van der Waals surface area contributed by atoms with Crippen LogP contribution in [-0.4, -0.2) is 3.53 Å². The second-order valence-electron chi connectivity index (χ2n) is 4.01. The second-order valence-corrected chi connectivity index (χ2v) is 7.98. The van der Waals surface area contributed by atoms with Crippen LogP contribution in [0, 0.1) is 0 Å². The number of hydrogen-bond acceptors (Lipinski definition) is 3. The summed E-state index contributed by atoms with van der Waals surface area (Å²) >= 11 is 20.9. The molecule has 0 heterocycles. The third kappa shape index (κ3) is 4.97. The van der Waals surface area contributed by atoms with Crippen molar-refractivity contribution in [3.05, 3.63) is 69.7 Å². The van der Waals surface area contributed by atoms with Crippen molar-refractivity contribution in [2.24, 2.45) is 0 Å². The summed E-state index contributed by atoms with van der Waals surface area (Å²) in [7, 11) is 0. The molecule has 0 aliphatic carbocycles. The first-order chi connectivity index (χ1) is 9.66. The molecular formula is C15H12Cl2S3. The van der Waals surface area contributed by atoms with Crippen LogP contribution in [0.15, 0.2) is 48.5 Å². The van der Waals surface area contributed by atoms with Crippen LogP contribution >= 0.6 is 58.9 Å². The number of halogens is 2. The highest BCUT2D eigenvalue weighted by Crippen LogP contribution is 2.29. The minimum absolute atomic E-state index is 0.791. The lowest BCUT2D eigenvalue weighted by Gasteiger charge is -2.06. The zero-order valence-electron chi connectivity index (χ0n) is 10.5. The van der Waals surface area contributed by atoms with Gasteiger partial charge in [0.1, 0.15) is 3.53 Å². The Balaban J connectivity index is 1.82. The second kappa shape index (κ2) is 8.30. The van der Waals surface area contributed by atoms with E-state index in [0.717, 1.165) is 36.2 Å². The van der Waals surface area contributed by atoms with Crippen LogP contribution in [-0.2, 0) is 11.5 Å². The summed E-state index contributed by atoms with van der Waals surface area (Å²) in [6.07, 6.45) is 0.